The van der Waals surface area contributed by atoms with Crippen LogP contribution >= 0.6 is 15.9 Å². The molecular weight excluding hydrogens is 258 g/mol. The zero-order valence-corrected chi connectivity index (χ0v) is 10.3. The van der Waals surface area contributed by atoms with Crippen LogP contribution in [0, 0.1) is 0 Å². The lowest BCUT2D eigenvalue weighted by Crippen LogP contribution is -2.10. The topological polar surface area (TPSA) is 55.5 Å². The molecule has 0 aliphatic heterocycles. The van der Waals surface area contributed by atoms with Crippen LogP contribution in [0.5, 0.6) is 0 Å². The summed E-state index contributed by atoms with van der Waals surface area (Å²) < 4.78 is 6.18. The molecule has 1 aromatic rings. The smallest absolute Gasteiger partial charge is 0.104 e. The van der Waals surface area contributed by atoms with Crippen molar-refractivity contribution in [2.75, 3.05) is 18.9 Å². The molecule has 1 rings (SSSR count). The highest BCUT2D eigenvalue weighted by atomic mass is 79.9. The molecular formula is C11H16BrNO2. The largest absolute Gasteiger partial charge is 0.398 e. The van der Waals surface area contributed by atoms with Gasteiger partial charge in [-0.3, -0.25) is 0 Å². The van der Waals surface area contributed by atoms with E-state index in [9.17, 15) is 5.11 Å². The van der Waals surface area contributed by atoms with Crippen LogP contribution in [-0.2, 0) is 4.74 Å². The average Bonchev–Trinajstić information content (AvgIpc) is 2.22. The van der Waals surface area contributed by atoms with Gasteiger partial charge in [0.05, 0.1) is 6.61 Å². The first-order valence-electron chi connectivity index (χ1n) is 4.96. The summed E-state index contributed by atoms with van der Waals surface area (Å²) in [5, 5.41) is 9.83. The molecule has 0 radical (unpaired) electrons. The Labute approximate surface area is 98.4 Å². The van der Waals surface area contributed by atoms with Gasteiger partial charge in [0.1, 0.15) is 6.10 Å². The van der Waals surface area contributed by atoms with E-state index in [0.29, 0.717) is 17.9 Å². The number of halogens is 1. The fourth-order valence-electron chi connectivity index (χ4n) is 1.26. The molecule has 84 valence electrons. The molecule has 0 heterocycles. The SMILES string of the molecule is CCCOCC(O)c1cc(Br)ccc1N. The molecule has 0 bridgehead atoms. The second-order valence-corrected chi connectivity index (χ2v) is 4.28. The molecule has 0 aliphatic rings. The molecule has 0 amide bonds. The van der Waals surface area contributed by atoms with Crippen LogP contribution in [-0.4, -0.2) is 18.3 Å². The number of hydrogen-bond acceptors (Lipinski definition) is 3. The van der Waals surface area contributed by atoms with Gasteiger partial charge in [-0.25, -0.2) is 0 Å². The van der Waals surface area contributed by atoms with Gasteiger partial charge in [0.25, 0.3) is 0 Å². The Morgan fingerprint density at radius 3 is 2.93 bits per heavy atom. The van der Waals surface area contributed by atoms with Gasteiger partial charge >= 0.3 is 0 Å². The maximum atomic E-state index is 9.83. The molecule has 1 aromatic carbocycles. The molecule has 0 aliphatic carbocycles. The molecule has 4 heteroatoms. The lowest BCUT2D eigenvalue weighted by molar-refractivity contribution is 0.0367. The third-order valence-corrected chi connectivity index (χ3v) is 2.53. The van der Waals surface area contributed by atoms with Gasteiger partial charge in [0.2, 0.25) is 0 Å². The highest BCUT2D eigenvalue weighted by molar-refractivity contribution is 9.10. The van der Waals surface area contributed by atoms with Gasteiger partial charge in [0, 0.05) is 22.3 Å². The molecule has 0 aromatic heterocycles. The van der Waals surface area contributed by atoms with Crippen LogP contribution in [0.2, 0.25) is 0 Å². The second-order valence-electron chi connectivity index (χ2n) is 3.36. The van der Waals surface area contributed by atoms with Crippen LogP contribution in [0.4, 0.5) is 5.69 Å². The lowest BCUT2D eigenvalue weighted by atomic mass is 10.1. The van der Waals surface area contributed by atoms with Crippen LogP contribution in [0.1, 0.15) is 25.0 Å². The lowest BCUT2D eigenvalue weighted by Gasteiger charge is -2.13. The van der Waals surface area contributed by atoms with E-state index in [2.05, 4.69) is 15.9 Å². The fourth-order valence-corrected chi connectivity index (χ4v) is 1.64. The minimum Gasteiger partial charge on any atom is -0.398 e. The summed E-state index contributed by atoms with van der Waals surface area (Å²) in [6.07, 6.45) is 0.287. The number of nitrogen functional groups attached to an aromatic ring is 1. The Bertz CT molecular complexity index is 317. The van der Waals surface area contributed by atoms with Gasteiger partial charge in [-0.05, 0) is 24.6 Å². The molecule has 0 saturated heterocycles. The summed E-state index contributed by atoms with van der Waals surface area (Å²) >= 11 is 3.34. The zero-order chi connectivity index (χ0) is 11.3. The van der Waals surface area contributed by atoms with Crippen molar-refractivity contribution in [2.45, 2.75) is 19.4 Å². The molecule has 3 nitrogen and oxygen atoms in total. The third-order valence-electron chi connectivity index (χ3n) is 2.03. The van der Waals surface area contributed by atoms with E-state index in [1.807, 2.05) is 19.1 Å². The van der Waals surface area contributed by atoms with Crippen molar-refractivity contribution in [3.8, 4) is 0 Å². The van der Waals surface area contributed by atoms with Crippen molar-refractivity contribution < 1.29 is 9.84 Å². The minimum atomic E-state index is -0.658. The van der Waals surface area contributed by atoms with E-state index in [1.165, 1.54) is 0 Å². The molecule has 1 unspecified atom stereocenters. The van der Waals surface area contributed by atoms with E-state index in [4.69, 9.17) is 10.5 Å². The molecule has 0 saturated carbocycles. The first kappa shape index (κ1) is 12.5. The molecule has 15 heavy (non-hydrogen) atoms. The Morgan fingerprint density at radius 2 is 2.27 bits per heavy atom. The summed E-state index contributed by atoms with van der Waals surface area (Å²) in [7, 11) is 0. The predicted octanol–water partition coefficient (Wildman–Crippen LogP) is 2.49. The summed E-state index contributed by atoms with van der Waals surface area (Å²) in [5.74, 6) is 0. The number of benzene rings is 1. The average molecular weight is 274 g/mol. The highest BCUT2D eigenvalue weighted by Crippen LogP contribution is 2.24. The van der Waals surface area contributed by atoms with Crippen molar-refractivity contribution in [1.29, 1.82) is 0 Å². The van der Waals surface area contributed by atoms with Crippen molar-refractivity contribution >= 4 is 21.6 Å². The molecule has 0 fully saturated rings. The number of hydrogen-bond donors (Lipinski definition) is 2. The summed E-state index contributed by atoms with van der Waals surface area (Å²) in [5.41, 5.74) is 7.06. The number of aliphatic hydroxyl groups is 1. The van der Waals surface area contributed by atoms with Crippen LogP contribution in [0.3, 0.4) is 0 Å². The quantitative estimate of drug-likeness (QED) is 0.640. The van der Waals surface area contributed by atoms with Crippen molar-refractivity contribution in [3.63, 3.8) is 0 Å². The number of anilines is 1. The number of nitrogens with two attached hydrogens (primary N) is 1. The Hall–Kier alpha value is -0.580. The standard InChI is InChI=1S/C11H16BrNO2/c1-2-5-15-7-11(14)9-6-8(12)3-4-10(9)13/h3-4,6,11,14H,2,5,7,13H2,1H3. The first-order chi connectivity index (χ1) is 7.15. The van der Waals surface area contributed by atoms with Gasteiger partial charge in [-0.1, -0.05) is 22.9 Å². The maximum absolute atomic E-state index is 9.83. The van der Waals surface area contributed by atoms with E-state index >= 15 is 0 Å². The van der Waals surface area contributed by atoms with E-state index in [-0.39, 0.29) is 6.61 Å². The number of rotatable bonds is 5. The summed E-state index contributed by atoms with van der Waals surface area (Å²) in [6.45, 7) is 2.97. The Morgan fingerprint density at radius 1 is 1.53 bits per heavy atom. The zero-order valence-electron chi connectivity index (χ0n) is 8.74. The Balaban J connectivity index is 2.64. The molecule has 0 spiro atoms. The van der Waals surface area contributed by atoms with Crippen LogP contribution in [0.15, 0.2) is 22.7 Å². The van der Waals surface area contributed by atoms with Crippen molar-refractivity contribution in [2.24, 2.45) is 0 Å². The van der Waals surface area contributed by atoms with E-state index in [0.717, 1.165) is 10.9 Å². The van der Waals surface area contributed by atoms with Crippen molar-refractivity contribution in [3.05, 3.63) is 28.2 Å². The highest BCUT2D eigenvalue weighted by Gasteiger charge is 2.11. The normalized spacial score (nSPS) is 12.7. The third kappa shape index (κ3) is 3.81. The van der Waals surface area contributed by atoms with Gasteiger partial charge in [-0.15, -0.1) is 0 Å². The predicted molar refractivity (Wildman–Crippen MR) is 64.6 cm³/mol. The van der Waals surface area contributed by atoms with Crippen LogP contribution < -0.4 is 5.73 Å². The minimum absolute atomic E-state index is 0.286. The van der Waals surface area contributed by atoms with E-state index in [1.54, 1.807) is 6.07 Å². The van der Waals surface area contributed by atoms with Gasteiger partial charge < -0.3 is 15.6 Å². The number of aliphatic hydroxyl groups excluding tert-OH is 1. The second kappa shape index (κ2) is 6.10. The van der Waals surface area contributed by atoms with Gasteiger partial charge in [-0.2, -0.15) is 0 Å². The fraction of sp³-hybridized carbons (Fsp3) is 0.455. The summed E-state index contributed by atoms with van der Waals surface area (Å²) in [4.78, 5) is 0. The monoisotopic (exact) mass is 273 g/mol. The number of ether oxygens (including phenoxy) is 1. The van der Waals surface area contributed by atoms with E-state index < -0.39 is 6.10 Å². The Kier molecular flexibility index (Phi) is 5.08. The van der Waals surface area contributed by atoms with Gasteiger partial charge in [0.15, 0.2) is 0 Å². The summed E-state index contributed by atoms with van der Waals surface area (Å²) in [6, 6.07) is 5.43. The maximum Gasteiger partial charge on any atom is 0.104 e. The van der Waals surface area contributed by atoms with Crippen LogP contribution in [0.25, 0.3) is 0 Å². The molecule has 1 atom stereocenters. The molecule has 3 N–H and O–H groups in total. The first-order valence-corrected chi connectivity index (χ1v) is 5.75. The van der Waals surface area contributed by atoms with Crippen molar-refractivity contribution in [1.82, 2.24) is 0 Å².